The number of rotatable bonds is 6. The van der Waals surface area contributed by atoms with Crippen LogP contribution < -0.4 is 15.6 Å². The van der Waals surface area contributed by atoms with Gasteiger partial charge in [-0.05, 0) is 35.6 Å². The van der Waals surface area contributed by atoms with Gasteiger partial charge in [-0.15, -0.1) is 0 Å². The van der Waals surface area contributed by atoms with Crippen molar-refractivity contribution in [1.82, 2.24) is 15.5 Å². The topological polar surface area (TPSA) is 84.1 Å². The van der Waals surface area contributed by atoms with Crippen molar-refractivity contribution in [3.8, 4) is 5.75 Å². The van der Waals surface area contributed by atoms with Gasteiger partial charge in [0, 0.05) is 12.6 Å². The molecule has 0 fully saturated rings. The number of nitrogens with one attached hydrogen (secondary N) is 2. The summed E-state index contributed by atoms with van der Waals surface area (Å²) in [6.07, 6.45) is 0.652. The number of benzene rings is 1. The average Bonchev–Trinajstić information content (AvgIpc) is 2.55. The standard InChI is InChI=1S/C17H21N3O3/c1-11(2)12-4-6-15(23-3)13(10-12)8-9-18-17(22)14-5-7-16(21)20-19-14/h4-7,10-11H,8-9H2,1-3H3,(H,18,22)(H,20,21). The Bertz CT molecular complexity index is 718. The number of hydrogen-bond acceptors (Lipinski definition) is 4. The number of hydrogen-bond donors (Lipinski definition) is 2. The number of ether oxygens (including phenoxy) is 1. The van der Waals surface area contributed by atoms with Gasteiger partial charge in [-0.2, -0.15) is 5.10 Å². The number of nitrogens with zero attached hydrogens (tertiary/aromatic N) is 1. The molecule has 1 aromatic heterocycles. The van der Waals surface area contributed by atoms with E-state index in [1.807, 2.05) is 6.07 Å². The zero-order valence-corrected chi connectivity index (χ0v) is 13.6. The molecular formula is C17H21N3O3. The van der Waals surface area contributed by atoms with Gasteiger partial charge in [-0.3, -0.25) is 9.59 Å². The summed E-state index contributed by atoms with van der Waals surface area (Å²) < 4.78 is 5.37. The molecule has 0 saturated carbocycles. The molecule has 0 saturated heterocycles. The maximum absolute atomic E-state index is 11.9. The molecule has 1 heterocycles. The number of amides is 1. The van der Waals surface area contributed by atoms with Crippen LogP contribution in [0.1, 0.15) is 41.4 Å². The minimum absolute atomic E-state index is 0.187. The molecule has 6 nitrogen and oxygen atoms in total. The number of carbonyl (C=O) groups excluding carboxylic acids is 1. The van der Waals surface area contributed by atoms with E-state index in [2.05, 4.69) is 41.5 Å². The third-order valence-corrected chi connectivity index (χ3v) is 3.56. The highest BCUT2D eigenvalue weighted by Crippen LogP contribution is 2.24. The third kappa shape index (κ3) is 4.42. The lowest BCUT2D eigenvalue weighted by molar-refractivity contribution is 0.0948. The van der Waals surface area contributed by atoms with Gasteiger partial charge >= 0.3 is 0 Å². The van der Waals surface area contributed by atoms with Gasteiger partial charge in [0.05, 0.1) is 7.11 Å². The normalized spacial score (nSPS) is 10.6. The van der Waals surface area contributed by atoms with E-state index in [-0.39, 0.29) is 17.2 Å². The monoisotopic (exact) mass is 315 g/mol. The van der Waals surface area contributed by atoms with Crippen LogP contribution in [0.5, 0.6) is 5.75 Å². The summed E-state index contributed by atoms with van der Waals surface area (Å²) in [5.41, 5.74) is 2.13. The van der Waals surface area contributed by atoms with Crippen molar-refractivity contribution in [2.45, 2.75) is 26.2 Å². The number of aromatic nitrogens is 2. The van der Waals surface area contributed by atoms with Crippen molar-refractivity contribution < 1.29 is 9.53 Å². The second-order valence-electron chi connectivity index (χ2n) is 5.54. The second kappa shape index (κ2) is 7.58. The first-order valence-electron chi connectivity index (χ1n) is 7.52. The predicted molar refractivity (Wildman–Crippen MR) is 88.0 cm³/mol. The lowest BCUT2D eigenvalue weighted by atomic mass is 9.99. The van der Waals surface area contributed by atoms with Crippen LogP contribution >= 0.6 is 0 Å². The fraction of sp³-hybridized carbons (Fsp3) is 0.353. The molecule has 0 spiro atoms. The largest absolute Gasteiger partial charge is 0.496 e. The SMILES string of the molecule is COc1ccc(C(C)C)cc1CCNC(=O)c1ccc(=O)[nH]n1. The van der Waals surface area contributed by atoms with Crippen LogP contribution in [0.15, 0.2) is 35.1 Å². The van der Waals surface area contributed by atoms with E-state index in [4.69, 9.17) is 4.74 Å². The molecule has 23 heavy (non-hydrogen) atoms. The fourth-order valence-electron chi connectivity index (χ4n) is 2.23. The lowest BCUT2D eigenvalue weighted by Crippen LogP contribution is -2.27. The smallest absolute Gasteiger partial charge is 0.271 e. The van der Waals surface area contributed by atoms with Gasteiger partial charge in [0.2, 0.25) is 0 Å². The molecule has 122 valence electrons. The van der Waals surface area contributed by atoms with Crippen LogP contribution in [0, 0.1) is 0 Å². The minimum Gasteiger partial charge on any atom is -0.496 e. The number of H-pyrrole nitrogens is 1. The molecule has 0 aliphatic rings. The molecule has 6 heteroatoms. The zero-order valence-electron chi connectivity index (χ0n) is 13.6. The van der Waals surface area contributed by atoms with Gasteiger partial charge < -0.3 is 10.1 Å². The Morgan fingerprint density at radius 1 is 1.30 bits per heavy atom. The Hall–Kier alpha value is -2.63. The van der Waals surface area contributed by atoms with Crippen molar-refractivity contribution in [1.29, 1.82) is 0 Å². The quantitative estimate of drug-likeness (QED) is 0.852. The maximum atomic E-state index is 11.9. The molecule has 0 radical (unpaired) electrons. The van der Waals surface area contributed by atoms with Crippen molar-refractivity contribution in [3.05, 3.63) is 57.5 Å². The Morgan fingerprint density at radius 3 is 2.70 bits per heavy atom. The van der Waals surface area contributed by atoms with Crippen LogP contribution in [0.4, 0.5) is 0 Å². The van der Waals surface area contributed by atoms with Crippen molar-refractivity contribution in [2.24, 2.45) is 0 Å². The highest BCUT2D eigenvalue weighted by molar-refractivity contribution is 5.91. The average molecular weight is 315 g/mol. The Kier molecular flexibility index (Phi) is 5.51. The van der Waals surface area contributed by atoms with Crippen molar-refractivity contribution in [3.63, 3.8) is 0 Å². The molecule has 1 aromatic carbocycles. The van der Waals surface area contributed by atoms with Crippen LogP contribution in [-0.2, 0) is 6.42 Å². The molecule has 2 N–H and O–H groups in total. The summed E-state index contributed by atoms with van der Waals surface area (Å²) in [6.45, 7) is 4.72. The molecule has 2 rings (SSSR count). The van der Waals surface area contributed by atoms with Crippen molar-refractivity contribution in [2.75, 3.05) is 13.7 Å². The summed E-state index contributed by atoms with van der Waals surface area (Å²) in [6, 6.07) is 8.78. The highest BCUT2D eigenvalue weighted by Gasteiger charge is 2.09. The third-order valence-electron chi connectivity index (χ3n) is 3.56. The molecule has 2 aromatic rings. The zero-order chi connectivity index (χ0) is 16.8. The van der Waals surface area contributed by atoms with Crippen LogP contribution in [0.2, 0.25) is 0 Å². The molecule has 0 atom stereocenters. The number of aromatic amines is 1. The predicted octanol–water partition coefficient (Wildman–Crippen LogP) is 1.87. The van der Waals surface area contributed by atoms with Crippen LogP contribution in [0.3, 0.4) is 0 Å². The number of methoxy groups -OCH3 is 1. The molecular weight excluding hydrogens is 294 g/mol. The summed E-state index contributed by atoms with van der Waals surface area (Å²) >= 11 is 0. The second-order valence-corrected chi connectivity index (χ2v) is 5.54. The van der Waals surface area contributed by atoms with Gasteiger partial charge in [-0.25, -0.2) is 5.10 Å². The van der Waals surface area contributed by atoms with Gasteiger partial charge in [-0.1, -0.05) is 26.0 Å². The summed E-state index contributed by atoms with van der Waals surface area (Å²) in [7, 11) is 1.64. The van der Waals surface area contributed by atoms with E-state index < -0.39 is 0 Å². The van der Waals surface area contributed by atoms with E-state index >= 15 is 0 Å². The number of carbonyl (C=O) groups is 1. The lowest BCUT2D eigenvalue weighted by Gasteiger charge is -2.13. The molecule has 0 unspecified atom stereocenters. The fourth-order valence-corrected chi connectivity index (χ4v) is 2.23. The molecule has 0 aliphatic heterocycles. The van der Waals surface area contributed by atoms with Gasteiger partial charge in [0.1, 0.15) is 11.4 Å². The van der Waals surface area contributed by atoms with E-state index in [1.54, 1.807) is 7.11 Å². The first-order valence-corrected chi connectivity index (χ1v) is 7.52. The summed E-state index contributed by atoms with van der Waals surface area (Å²) in [5, 5.41) is 8.73. The Morgan fingerprint density at radius 2 is 2.09 bits per heavy atom. The summed E-state index contributed by atoms with van der Waals surface area (Å²) in [4.78, 5) is 22.9. The maximum Gasteiger partial charge on any atom is 0.271 e. The van der Waals surface area contributed by atoms with E-state index in [0.29, 0.717) is 18.9 Å². The first-order chi connectivity index (χ1) is 11.0. The van der Waals surface area contributed by atoms with Crippen molar-refractivity contribution >= 4 is 5.91 Å². The minimum atomic E-state index is -0.336. The molecule has 0 aliphatic carbocycles. The van der Waals surface area contributed by atoms with Crippen LogP contribution in [0.25, 0.3) is 0 Å². The van der Waals surface area contributed by atoms with Gasteiger partial charge in [0.15, 0.2) is 0 Å². The summed E-state index contributed by atoms with van der Waals surface area (Å²) in [5.74, 6) is 0.922. The van der Waals surface area contributed by atoms with E-state index in [1.165, 1.54) is 17.7 Å². The van der Waals surface area contributed by atoms with E-state index in [9.17, 15) is 9.59 Å². The highest BCUT2D eigenvalue weighted by atomic mass is 16.5. The molecule has 1 amide bonds. The Balaban J connectivity index is 2.00. The van der Waals surface area contributed by atoms with Gasteiger partial charge in [0.25, 0.3) is 11.5 Å². The molecule has 0 bridgehead atoms. The Labute approximate surface area is 134 Å². The van der Waals surface area contributed by atoms with Crippen LogP contribution in [-0.4, -0.2) is 29.8 Å². The first kappa shape index (κ1) is 16.7. The van der Waals surface area contributed by atoms with E-state index in [0.717, 1.165) is 11.3 Å².